The van der Waals surface area contributed by atoms with Crippen LogP contribution in [0, 0.1) is 10.1 Å². The van der Waals surface area contributed by atoms with Crippen LogP contribution in [0.15, 0.2) is 47.6 Å². The van der Waals surface area contributed by atoms with E-state index in [4.69, 9.17) is 4.74 Å². The van der Waals surface area contributed by atoms with E-state index in [1.54, 1.807) is 43.8 Å². The highest BCUT2D eigenvalue weighted by atomic mass is 16.6. The molecule has 1 heterocycles. The number of nitro groups is 1. The maximum absolute atomic E-state index is 10.5. The molecule has 0 aliphatic heterocycles. The molecule has 1 aromatic heterocycles. The highest BCUT2D eigenvalue weighted by Gasteiger charge is 2.02. The number of rotatable bonds is 4. The van der Waals surface area contributed by atoms with Crippen LogP contribution in [0.3, 0.4) is 0 Å². The molecule has 1 aromatic carbocycles. The molecule has 19 heavy (non-hydrogen) atoms. The van der Waals surface area contributed by atoms with Gasteiger partial charge >= 0.3 is 0 Å². The predicted molar refractivity (Wildman–Crippen MR) is 71.1 cm³/mol. The molecule has 0 saturated carbocycles. The SMILES string of the molecule is COc1ccc(N=Cc2ccc([N+](=O)[O-])cc2)cn1. The lowest BCUT2D eigenvalue weighted by Gasteiger charge is -1.97. The van der Waals surface area contributed by atoms with E-state index in [1.165, 1.54) is 12.1 Å². The van der Waals surface area contributed by atoms with Crippen molar-refractivity contribution in [1.82, 2.24) is 4.98 Å². The molecule has 6 nitrogen and oxygen atoms in total. The van der Waals surface area contributed by atoms with Crippen LogP contribution in [0.25, 0.3) is 0 Å². The summed E-state index contributed by atoms with van der Waals surface area (Å²) in [6.07, 6.45) is 3.20. The molecule has 2 rings (SSSR count). The van der Waals surface area contributed by atoms with Crippen LogP contribution in [0.2, 0.25) is 0 Å². The third kappa shape index (κ3) is 3.35. The van der Waals surface area contributed by atoms with Gasteiger partial charge in [0, 0.05) is 24.4 Å². The van der Waals surface area contributed by atoms with Crippen LogP contribution in [0.1, 0.15) is 5.56 Å². The first-order chi connectivity index (χ1) is 9.19. The summed E-state index contributed by atoms with van der Waals surface area (Å²) in [5.41, 5.74) is 1.52. The fraction of sp³-hybridized carbons (Fsp3) is 0.0769. The lowest BCUT2D eigenvalue weighted by atomic mass is 10.2. The van der Waals surface area contributed by atoms with Crippen molar-refractivity contribution in [2.45, 2.75) is 0 Å². The summed E-state index contributed by atoms with van der Waals surface area (Å²) in [7, 11) is 1.54. The number of benzene rings is 1. The van der Waals surface area contributed by atoms with E-state index in [2.05, 4.69) is 9.98 Å². The third-order valence-corrected chi connectivity index (χ3v) is 2.40. The van der Waals surface area contributed by atoms with Crippen LogP contribution in [0.5, 0.6) is 5.88 Å². The Morgan fingerprint density at radius 2 is 2.00 bits per heavy atom. The van der Waals surface area contributed by atoms with Crippen molar-refractivity contribution in [3.63, 3.8) is 0 Å². The summed E-state index contributed by atoms with van der Waals surface area (Å²) in [6.45, 7) is 0. The van der Waals surface area contributed by atoms with Crippen molar-refractivity contribution in [1.29, 1.82) is 0 Å². The maximum atomic E-state index is 10.5. The van der Waals surface area contributed by atoms with Crippen molar-refractivity contribution in [3.8, 4) is 5.88 Å². The molecule has 0 fully saturated rings. The average Bonchev–Trinajstić information content (AvgIpc) is 2.46. The molecule has 0 bridgehead atoms. The number of nitrogens with zero attached hydrogens (tertiary/aromatic N) is 3. The number of aromatic nitrogens is 1. The second kappa shape index (κ2) is 5.72. The fourth-order valence-electron chi connectivity index (χ4n) is 1.40. The number of pyridine rings is 1. The van der Waals surface area contributed by atoms with Crippen molar-refractivity contribution in [2.75, 3.05) is 7.11 Å². The first-order valence-electron chi connectivity index (χ1n) is 5.47. The van der Waals surface area contributed by atoms with Crippen LogP contribution in [0.4, 0.5) is 11.4 Å². The van der Waals surface area contributed by atoms with Gasteiger partial charge in [0.1, 0.15) is 0 Å². The Bertz CT molecular complexity index is 592. The van der Waals surface area contributed by atoms with Crippen molar-refractivity contribution >= 4 is 17.6 Å². The number of hydrogen-bond acceptors (Lipinski definition) is 5. The zero-order valence-corrected chi connectivity index (χ0v) is 10.2. The van der Waals surface area contributed by atoms with Gasteiger partial charge in [-0.1, -0.05) is 0 Å². The molecule has 0 N–H and O–H groups in total. The molecule has 0 atom stereocenters. The minimum atomic E-state index is -0.436. The Balaban J connectivity index is 2.10. The van der Waals surface area contributed by atoms with Crippen molar-refractivity contribution in [3.05, 3.63) is 58.3 Å². The standard InChI is InChI=1S/C13H11N3O3/c1-19-13-7-4-11(9-15-13)14-8-10-2-5-12(6-3-10)16(17)18/h2-9H,1H3. The summed E-state index contributed by atoms with van der Waals surface area (Å²) in [4.78, 5) is 18.3. The fourth-order valence-corrected chi connectivity index (χ4v) is 1.40. The smallest absolute Gasteiger partial charge is 0.269 e. The van der Waals surface area contributed by atoms with Crippen LogP contribution < -0.4 is 4.74 Å². The second-order valence-electron chi connectivity index (χ2n) is 3.67. The molecular weight excluding hydrogens is 246 g/mol. The number of nitro benzene ring substituents is 1. The topological polar surface area (TPSA) is 77.6 Å². The Labute approximate surface area is 109 Å². The molecule has 0 aliphatic carbocycles. The van der Waals surface area contributed by atoms with E-state index in [0.29, 0.717) is 11.6 Å². The monoisotopic (exact) mass is 257 g/mol. The number of ether oxygens (including phenoxy) is 1. The highest BCUT2D eigenvalue weighted by molar-refractivity contribution is 5.82. The van der Waals surface area contributed by atoms with E-state index >= 15 is 0 Å². The van der Waals surface area contributed by atoms with Gasteiger partial charge in [-0.3, -0.25) is 15.1 Å². The number of hydrogen-bond donors (Lipinski definition) is 0. The zero-order valence-electron chi connectivity index (χ0n) is 10.2. The third-order valence-electron chi connectivity index (χ3n) is 2.40. The number of methoxy groups -OCH3 is 1. The molecule has 0 spiro atoms. The molecule has 6 heteroatoms. The summed E-state index contributed by atoms with van der Waals surface area (Å²) in [5, 5.41) is 10.5. The first-order valence-corrected chi connectivity index (χ1v) is 5.47. The van der Waals surface area contributed by atoms with Gasteiger partial charge in [-0.15, -0.1) is 0 Å². The molecule has 0 amide bonds. The summed E-state index contributed by atoms with van der Waals surface area (Å²) in [5.74, 6) is 0.522. The van der Waals surface area contributed by atoms with Gasteiger partial charge in [-0.2, -0.15) is 0 Å². The van der Waals surface area contributed by atoms with Crippen molar-refractivity contribution in [2.24, 2.45) is 4.99 Å². The Hall–Kier alpha value is -2.76. The first kappa shape index (κ1) is 12.7. The van der Waals surface area contributed by atoms with E-state index in [0.717, 1.165) is 5.56 Å². The molecule has 0 radical (unpaired) electrons. The lowest BCUT2D eigenvalue weighted by Crippen LogP contribution is -1.88. The van der Waals surface area contributed by atoms with Gasteiger partial charge < -0.3 is 4.74 Å². The normalized spacial score (nSPS) is 10.6. The predicted octanol–water partition coefficient (Wildman–Crippen LogP) is 2.75. The summed E-state index contributed by atoms with van der Waals surface area (Å²) < 4.78 is 4.94. The summed E-state index contributed by atoms with van der Waals surface area (Å²) in [6, 6.07) is 9.63. The number of aliphatic imine (C=N–C) groups is 1. The molecule has 0 saturated heterocycles. The number of non-ortho nitro benzene ring substituents is 1. The van der Waals surface area contributed by atoms with E-state index < -0.39 is 4.92 Å². The Kier molecular flexibility index (Phi) is 3.82. The van der Waals surface area contributed by atoms with Gasteiger partial charge in [0.15, 0.2) is 0 Å². The maximum Gasteiger partial charge on any atom is 0.269 e. The highest BCUT2D eigenvalue weighted by Crippen LogP contribution is 2.15. The molecule has 0 unspecified atom stereocenters. The molecule has 2 aromatic rings. The molecule has 96 valence electrons. The van der Waals surface area contributed by atoms with E-state index in [-0.39, 0.29) is 5.69 Å². The van der Waals surface area contributed by atoms with Gasteiger partial charge in [-0.25, -0.2) is 4.98 Å². The van der Waals surface area contributed by atoms with E-state index in [1.807, 2.05) is 0 Å². The zero-order chi connectivity index (χ0) is 13.7. The average molecular weight is 257 g/mol. The van der Waals surface area contributed by atoms with Crippen LogP contribution >= 0.6 is 0 Å². The summed E-state index contributed by atoms with van der Waals surface area (Å²) >= 11 is 0. The molecular formula is C13H11N3O3. The van der Waals surface area contributed by atoms with Crippen LogP contribution in [-0.4, -0.2) is 23.2 Å². The largest absolute Gasteiger partial charge is 0.481 e. The van der Waals surface area contributed by atoms with Gasteiger partial charge in [0.25, 0.3) is 5.69 Å². The Morgan fingerprint density at radius 1 is 1.26 bits per heavy atom. The van der Waals surface area contributed by atoms with Gasteiger partial charge in [0.05, 0.1) is 23.9 Å². The Morgan fingerprint density at radius 3 is 2.53 bits per heavy atom. The minimum Gasteiger partial charge on any atom is -0.481 e. The molecule has 0 aliphatic rings. The van der Waals surface area contributed by atoms with Crippen molar-refractivity contribution < 1.29 is 9.66 Å². The quantitative estimate of drug-likeness (QED) is 0.479. The lowest BCUT2D eigenvalue weighted by molar-refractivity contribution is -0.384. The minimum absolute atomic E-state index is 0.0586. The second-order valence-corrected chi connectivity index (χ2v) is 3.67. The van der Waals surface area contributed by atoms with Crippen LogP contribution in [-0.2, 0) is 0 Å². The van der Waals surface area contributed by atoms with Gasteiger partial charge in [0.2, 0.25) is 5.88 Å². The van der Waals surface area contributed by atoms with Gasteiger partial charge in [-0.05, 0) is 23.8 Å². The van der Waals surface area contributed by atoms with E-state index in [9.17, 15) is 10.1 Å².